The van der Waals surface area contributed by atoms with Crippen LogP contribution in [0.4, 0.5) is 0 Å². The molecule has 2 fully saturated rings. The summed E-state index contributed by atoms with van der Waals surface area (Å²) in [5.74, 6) is 1.97. The maximum absolute atomic E-state index is 12.6. The first-order chi connectivity index (χ1) is 20.7. The number of hydrogen-bond acceptors (Lipinski definition) is 6. The van der Waals surface area contributed by atoms with Gasteiger partial charge in [0.25, 0.3) is 0 Å². The van der Waals surface area contributed by atoms with E-state index in [1.165, 1.54) is 95.5 Å². The maximum atomic E-state index is 12.6. The number of carbonyl (C=O) groups excluding carboxylic acids is 1. The highest BCUT2D eigenvalue weighted by molar-refractivity contribution is 5.75. The van der Waals surface area contributed by atoms with Gasteiger partial charge in [-0.15, -0.1) is 0 Å². The lowest BCUT2D eigenvalue weighted by atomic mass is 9.77. The van der Waals surface area contributed by atoms with Crippen molar-refractivity contribution in [3.63, 3.8) is 0 Å². The summed E-state index contributed by atoms with van der Waals surface area (Å²) >= 11 is 0. The van der Waals surface area contributed by atoms with Gasteiger partial charge < -0.3 is 14.2 Å². The lowest BCUT2D eigenvalue weighted by Gasteiger charge is -2.28. The lowest BCUT2D eigenvalue weighted by Crippen LogP contribution is -2.38. The number of esters is 1. The number of nitrogens with zero attached hydrogens (tertiary/aromatic N) is 2. The zero-order chi connectivity index (χ0) is 29.4. The van der Waals surface area contributed by atoms with Gasteiger partial charge in [0, 0.05) is 18.0 Å². The molecule has 0 bridgehead atoms. The highest BCUT2D eigenvalue weighted by Crippen LogP contribution is 2.37. The zero-order valence-corrected chi connectivity index (χ0v) is 26.2. The summed E-state index contributed by atoms with van der Waals surface area (Å²) < 4.78 is 17.1. The van der Waals surface area contributed by atoms with Crippen molar-refractivity contribution in [2.75, 3.05) is 13.2 Å². The maximum Gasteiger partial charge on any atom is 0.319 e. The summed E-state index contributed by atoms with van der Waals surface area (Å²) in [6.45, 7) is 5.14. The Kier molecular flexibility index (Phi) is 14.3. The Labute approximate surface area is 254 Å². The van der Waals surface area contributed by atoms with E-state index in [9.17, 15) is 4.79 Å². The summed E-state index contributed by atoms with van der Waals surface area (Å²) in [5, 5.41) is 0. The van der Waals surface area contributed by atoms with Gasteiger partial charge in [0.1, 0.15) is 11.7 Å². The summed E-state index contributed by atoms with van der Waals surface area (Å²) in [6.07, 6.45) is 25.9. The number of carbonyl (C=O) groups is 1. The van der Waals surface area contributed by atoms with Gasteiger partial charge in [-0.2, -0.15) is 0 Å². The molecule has 42 heavy (non-hydrogen) atoms. The first-order valence-corrected chi connectivity index (χ1v) is 17.0. The summed E-state index contributed by atoms with van der Waals surface area (Å²) in [7, 11) is 0. The van der Waals surface area contributed by atoms with Crippen molar-refractivity contribution in [1.82, 2.24) is 9.97 Å². The van der Waals surface area contributed by atoms with E-state index in [0.717, 1.165) is 30.7 Å². The molecule has 1 aliphatic heterocycles. The molecule has 4 rings (SSSR count). The second-order valence-electron chi connectivity index (χ2n) is 12.6. The van der Waals surface area contributed by atoms with E-state index in [0.29, 0.717) is 30.7 Å². The molecule has 6 heteroatoms. The molecule has 2 aliphatic rings. The molecule has 0 atom stereocenters. The molecule has 0 spiro atoms. The number of benzene rings is 1. The fourth-order valence-electron chi connectivity index (χ4n) is 6.33. The molecule has 1 aliphatic carbocycles. The Balaban J connectivity index is 1.14. The van der Waals surface area contributed by atoms with Crippen molar-refractivity contribution in [2.45, 2.75) is 135 Å². The van der Waals surface area contributed by atoms with E-state index in [1.54, 1.807) is 12.1 Å². The van der Waals surface area contributed by atoms with Crippen molar-refractivity contribution in [3.8, 4) is 17.1 Å². The quantitative estimate of drug-likeness (QED) is 0.106. The van der Waals surface area contributed by atoms with E-state index in [-0.39, 0.29) is 12.3 Å². The van der Waals surface area contributed by atoms with Crippen LogP contribution in [0.5, 0.6) is 5.75 Å². The standard InChI is InChI=1S/C36H54N2O4/c1-3-5-7-8-9-10-11-13-14-28-16-18-29(19-17-28)31-24-37-35(38-25-31)30-20-22-33(23-21-30)42-36(39)32-26-40-34(41-27-32)15-12-6-4-2/h20-25,28-29,32,34H,3-19,26-27H2,1-2H3/t28-,29-,32-,34-. The summed E-state index contributed by atoms with van der Waals surface area (Å²) in [4.78, 5) is 22.0. The van der Waals surface area contributed by atoms with Crippen molar-refractivity contribution < 1.29 is 19.0 Å². The number of hydrogen-bond donors (Lipinski definition) is 0. The van der Waals surface area contributed by atoms with Crippen LogP contribution in [0.15, 0.2) is 36.7 Å². The fraction of sp³-hybridized carbons (Fsp3) is 0.694. The van der Waals surface area contributed by atoms with Crippen molar-refractivity contribution in [2.24, 2.45) is 11.8 Å². The second-order valence-corrected chi connectivity index (χ2v) is 12.6. The molecular weight excluding hydrogens is 524 g/mol. The first-order valence-electron chi connectivity index (χ1n) is 17.0. The van der Waals surface area contributed by atoms with Crippen LogP contribution in [0.3, 0.4) is 0 Å². The molecular formula is C36H54N2O4. The second kappa shape index (κ2) is 18.4. The van der Waals surface area contributed by atoms with Crippen molar-refractivity contribution >= 4 is 5.97 Å². The topological polar surface area (TPSA) is 70.5 Å². The fourth-order valence-corrected chi connectivity index (χ4v) is 6.33. The Hall–Kier alpha value is -2.31. The predicted molar refractivity (Wildman–Crippen MR) is 168 cm³/mol. The molecule has 6 nitrogen and oxygen atoms in total. The third-order valence-corrected chi connectivity index (χ3v) is 9.13. The molecule has 1 aromatic carbocycles. The van der Waals surface area contributed by atoms with Crippen LogP contribution < -0.4 is 4.74 Å². The van der Waals surface area contributed by atoms with E-state index < -0.39 is 5.92 Å². The average Bonchev–Trinajstić information content (AvgIpc) is 3.03. The van der Waals surface area contributed by atoms with E-state index in [1.807, 2.05) is 24.5 Å². The molecule has 0 amide bonds. The number of aromatic nitrogens is 2. The van der Waals surface area contributed by atoms with Gasteiger partial charge in [-0.05, 0) is 80.2 Å². The Bertz CT molecular complexity index is 1010. The molecule has 2 heterocycles. The van der Waals surface area contributed by atoms with E-state index >= 15 is 0 Å². The average molecular weight is 579 g/mol. The molecule has 1 aromatic heterocycles. The monoisotopic (exact) mass is 578 g/mol. The molecule has 0 radical (unpaired) electrons. The summed E-state index contributed by atoms with van der Waals surface area (Å²) in [5.41, 5.74) is 2.18. The van der Waals surface area contributed by atoms with Gasteiger partial charge in [-0.1, -0.05) is 84.5 Å². The minimum Gasteiger partial charge on any atom is -0.426 e. The number of ether oxygens (including phenoxy) is 3. The molecule has 0 unspecified atom stereocenters. The van der Waals surface area contributed by atoms with Crippen LogP contribution in [0.2, 0.25) is 0 Å². The van der Waals surface area contributed by atoms with Crippen LogP contribution in [0.1, 0.15) is 134 Å². The largest absolute Gasteiger partial charge is 0.426 e. The van der Waals surface area contributed by atoms with Crippen molar-refractivity contribution in [3.05, 3.63) is 42.2 Å². The van der Waals surface area contributed by atoms with Crippen molar-refractivity contribution in [1.29, 1.82) is 0 Å². The van der Waals surface area contributed by atoms with Gasteiger partial charge in [-0.3, -0.25) is 4.79 Å². The molecule has 0 N–H and O–H groups in total. The van der Waals surface area contributed by atoms with E-state index in [2.05, 4.69) is 23.8 Å². The van der Waals surface area contributed by atoms with Gasteiger partial charge >= 0.3 is 5.97 Å². The van der Waals surface area contributed by atoms with Crippen LogP contribution in [-0.2, 0) is 14.3 Å². The highest BCUT2D eigenvalue weighted by atomic mass is 16.7. The van der Waals surface area contributed by atoms with Crippen LogP contribution in [0.25, 0.3) is 11.4 Å². The van der Waals surface area contributed by atoms with Gasteiger partial charge in [0.2, 0.25) is 0 Å². The molecule has 2 aromatic rings. The van der Waals surface area contributed by atoms with Crippen LogP contribution in [-0.4, -0.2) is 35.4 Å². The van der Waals surface area contributed by atoms with Gasteiger partial charge in [0.15, 0.2) is 12.1 Å². The SMILES string of the molecule is CCCCCCCCCC[C@H]1CC[C@H](c2cnc(-c3ccc(OC(=O)[C@H]4CO[C@H](CCCCC)OC4)cc3)nc2)CC1. The minimum atomic E-state index is -0.400. The smallest absolute Gasteiger partial charge is 0.319 e. The first kappa shape index (κ1) is 32.6. The Morgan fingerprint density at radius 1 is 0.762 bits per heavy atom. The Morgan fingerprint density at radius 3 is 1.98 bits per heavy atom. The number of unbranched alkanes of at least 4 members (excludes halogenated alkanes) is 9. The summed E-state index contributed by atoms with van der Waals surface area (Å²) in [6, 6.07) is 7.42. The van der Waals surface area contributed by atoms with Gasteiger partial charge in [-0.25, -0.2) is 9.97 Å². The third kappa shape index (κ3) is 10.8. The highest BCUT2D eigenvalue weighted by Gasteiger charge is 2.29. The Morgan fingerprint density at radius 2 is 1.33 bits per heavy atom. The molecule has 232 valence electrons. The number of rotatable bonds is 17. The van der Waals surface area contributed by atoms with Gasteiger partial charge in [0.05, 0.1) is 13.2 Å². The molecule has 1 saturated carbocycles. The normalized spacial score (nSPS) is 22.6. The van der Waals surface area contributed by atoms with Crippen LogP contribution in [0, 0.1) is 11.8 Å². The third-order valence-electron chi connectivity index (χ3n) is 9.13. The lowest BCUT2D eigenvalue weighted by molar-refractivity contribution is -0.208. The molecule has 1 saturated heterocycles. The van der Waals surface area contributed by atoms with Crippen LogP contribution >= 0.6 is 0 Å². The zero-order valence-electron chi connectivity index (χ0n) is 26.2. The predicted octanol–water partition coefficient (Wildman–Crippen LogP) is 9.42. The minimum absolute atomic E-state index is 0.203. The van der Waals surface area contributed by atoms with E-state index in [4.69, 9.17) is 14.2 Å².